The van der Waals surface area contributed by atoms with Gasteiger partial charge in [-0.15, -0.1) is 0 Å². The molecule has 0 saturated heterocycles. The molecule has 2 unspecified atom stereocenters. The third kappa shape index (κ3) is 2.96. The molecule has 0 amide bonds. The molecule has 7 heteroatoms. The van der Waals surface area contributed by atoms with Crippen LogP contribution in [0.15, 0.2) is 6.07 Å². The minimum atomic E-state index is 0.400. The lowest BCUT2D eigenvalue weighted by Gasteiger charge is -2.21. The first-order valence-corrected chi connectivity index (χ1v) is 7.82. The van der Waals surface area contributed by atoms with Crippen molar-refractivity contribution in [2.45, 2.75) is 30.6 Å². The van der Waals surface area contributed by atoms with Crippen LogP contribution in [0.5, 0.6) is 0 Å². The van der Waals surface area contributed by atoms with Crippen LogP contribution in [0.25, 0.3) is 0 Å². The molecule has 0 aromatic carbocycles. The normalized spacial score (nSPS) is 23.1. The number of nitrogens with zero attached hydrogens (tertiary/aromatic N) is 1. The molecule has 0 radical (unpaired) electrons. The number of thioether (sulfide) groups is 1. The van der Waals surface area contributed by atoms with Gasteiger partial charge < -0.3 is 10.7 Å². The third-order valence-corrected chi connectivity index (χ3v) is 4.89. The molecular weight excluding hydrogens is 291 g/mol. The average molecular weight is 307 g/mol. The van der Waals surface area contributed by atoms with E-state index in [0.717, 1.165) is 6.42 Å². The predicted octanol–water partition coefficient (Wildman–Crippen LogP) is 3.37. The van der Waals surface area contributed by atoms with E-state index in [2.05, 4.69) is 22.0 Å². The number of nitrogens with two attached hydrogens (primary N) is 1. The lowest BCUT2D eigenvalue weighted by molar-refractivity contribution is 0.763. The van der Waals surface area contributed by atoms with E-state index < -0.39 is 0 Å². The molecule has 0 bridgehead atoms. The van der Waals surface area contributed by atoms with Gasteiger partial charge in [0.1, 0.15) is 5.82 Å². The van der Waals surface area contributed by atoms with Crippen molar-refractivity contribution in [3.63, 3.8) is 0 Å². The van der Waals surface area contributed by atoms with Crippen LogP contribution in [0.1, 0.15) is 19.3 Å². The summed E-state index contributed by atoms with van der Waals surface area (Å²) in [6.45, 7) is 0. The number of pyridine rings is 1. The van der Waals surface area contributed by atoms with Crippen LogP contribution >= 0.6 is 35.0 Å². The largest absolute Gasteiger partial charge is 0.365 e. The molecule has 1 heterocycles. The zero-order chi connectivity index (χ0) is 13.1. The van der Waals surface area contributed by atoms with Gasteiger partial charge in [0, 0.05) is 11.3 Å². The van der Waals surface area contributed by atoms with E-state index in [-0.39, 0.29) is 0 Å². The van der Waals surface area contributed by atoms with E-state index in [1.807, 2.05) is 11.8 Å². The highest BCUT2D eigenvalue weighted by Gasteiger charge is 2.27. The lowest BCUT2D eigenvalue weighted by Crippen LogP contribution is -2.26. The van der Waals surface area contributed by atoms with Crippen LogP contribution in [0.3, 0.4) is 0 Å². The third-order valence-electron chi connectivity index (χ3n) is 3.14. The minimum Gasteiger partial charge on any atom is -0.365 e. The van der Waals surface area contributed by atoms with E-state index in [1.54, 1.807) is 6.07 Å². The maximum Gasteiger partial charge on any atom is 0.161 e. The Morgan fingerprint density at radius 3 is 2.72 bits per heavy atom. The molecule has 2 atom stereocenters. The highest BCUT2D eigenvalue weighted by Crippen LogP contribution is 2.34. The summed E-state index contributed by atoms with van der Waals surface area (Å²) in [5.74, 6) is 6.43. The highest BCUT2D eigenvalue weighted by molar-refractivity contribution is 7.99. The Hall–Kier alpha value is -0.360. The first kappa shape index (κ1) is 14.1. The van der Waals surface area contributed by atoms with E-state index in [0.29, 0.717) is 33.0 Å². The molecule has 4 N–H and O–H groups in total. The fraction of sp³-hybridized carbons (Fsp3) is 0.545. The van der Waals surface area contributed by atoms with Crippen molar-refractivity contribution in [3.05, 3.63) is 16.1 Å². The van der Waals surface area contributed by atoms with Gasteiger partial charge in [-0.05, 0) is 25.2 Å². The summed E-state index contributed by atoms with van der Waals surface area (Å²) in [6, 6.07) is 2.05. The Kier molecular flexibility index (Phi) is 4.84. The summed E-state index contributed by atoms with van der Waals surface area (Å²) in [7, 11) is 0. The van der Waals surface area contributed by atoms with Gasteiger partial charge in [-0.2, -0.15) is 11.8 Å². The second-order valence-electron chi connectivity index (χ2n) is 4.25. The number of halogens is 2. The van der Waals surface area contributed by atoms with Gasteiger partial charge in [-0.25, -0.2) is 10.8 Å². The lowest BCUT2D eigenvalue weighted by atomic mass is 10.2. The smallest absolute Gasteiger partial charge is 0.161 e. The van der Waals surface area contributed by atoms with Crippen molar-refractivity contribution in [1.29, 1.82) is 0 Å². The van der Waals surface area contributed by atoms with E-state index in [1.165, 1.54) is 12.8 Å². The van der Waals surface area contributed by atoms with Crippen molar-refractivity contribution in [1.82, 2.24) is 4.98 Å². The van der Waals surface area contributed by atoms with Gasteiger partial charge in [0.15, 0.2) is 5.82 Å². The average Bonchev–Trinajstić information content (AvgIpc) is 2.79. The van der Waals surface area contributed by atoms with Gasteiger partial charge in [-0.3, -0.25) is 0 Å². The molecule has 100 valence electrons. The quantitative estimate of drug-likeness (QED) is 0.588. The molecular formula is C11H16Cl2N4S. The number of anilines is 2. The monoisotopic (exact) mass is 306 g/mol. The number of hydrogen-bond donors (Lipinski definition) is 3. The molecule has 4 nitrogen and oxygen atoms in total. The molecule has 2 rings (SSSR count). The SMILES string of the molecule is CSC1CCCC1Nc1nc(NN)c(Cl)cc1Cl. The summed E-state index contributed by atoms with van der Waals surface area (Å²) in [6.07, 6.45) is 5.73. The number of hydrogen-bond acceptors (Lipinski definition) is 5. The molecule has 0 aliphatic heterocycles. The van der Waals surface area contributed by atoms with Crippen LogP contribution in [0.4, 0.5) is 11.6 Å². The van der Waals surface area contributed by atoms with Crippen LogP contribution in [-0.2, 0) is 0 Å². The molecule has 1 aliphatic carbocycles. The van der Waals surface area contributed by atoms with Crippen LogP contribution in [0.2, 0.25) is 10.0 Å². The topological polar surface area (TPSA) is 63.0 Å². The fourth-order valence-corrected chi connectivity index (χ4v) is 3.62. The summed E-state index contributed by atoms with van der Waals surface area (Å²) < 4.78 is 0. The van der Waals surface area contributed by atoms with Gasteiger partial charge in [-0.1, -0.05) is 29.6 Å². The summed E-state index contributed by atoms with van der Waals surface area (Å²) in [5.41, 5.74) is 2.47. The Labute approximate surface area is 121 Å². The number of nitrogens with one attached hydrogen (secondary N) is 2. The summed E-state index contributed by atoms with van der Waals surface area (Å²) in [5, 5.41) is 4.94. The molecule has 1 fully saturated rings. The zero-order valence-corrected chi connectivity index (χ0v) is 12.4. The molecule has 0 spiro atoms. The molecule has 1 aromatic heterocycles. The number of aromatic nitrogens is 1. The summed E-state index contributed by atoms with van der Waals surface area (Å²) >= 11 is 14.0. The fourth-order valence-electron chi connectivity index (χ4n) is 2.22. The first-order valence-electron chi connectivity index (χ1n) is 5.77. The first-order chi connectivity index (χ1) is 8.65. The minimum absolute atomic E-state index is 0.400. The van der Waals surface area contributed by atoms with Gasteiger partial charge >= 0.3 is 0 Å². The van der Waals surface area contributed by atoms with E-state index in [4.69, 9.17) is 29.0 Å². The van der Waals surface area contributed by atoms with E-state index in [9.17, 15) is 0 Å². The maximum absolute atomic E-state index is 6.14. The van der Waals surface area contributed by atoms with Crippen molar-refractivity contribution in [2.24, 2.45) is 5.84 Å². The molecule has 1 aromatic rings. The Morgan fingerprint density at radius 1 is 1.33 bits per heavy atom. The van der Waals surface area contributed by atoms with E-state index >= 15 is 0 Å². The summed E-state index contributed by atoms with van der Waals surface area (Å²) in [4.78, 5) is 4.30. The molecule has 18 heavy (non-hydrogen) atoms. The van der Waals surface area contributed by atoms with Crippen LogP contribution < -0.4 is 16.6 Å². The zero-order valence-electron chi connectivity index (χ0n) is 10.0. The van der Waals surface area contributed by atoms with Crippen LogP contribution in [0, 0.1) is 0 Å². The second kappa shape index (κ2) is 6.19. The van der Waals surface area contributed by atoms with Gasteiger partial charge in [0.25, 0.3) is 0 Å². The van der Waals surface area contributed by atoms with Crippen molar-refractivity contribution in [3.8, 4) is 0 Å². The highest BCUT2D eigenvalue weighted by atomic mass is 35.5. The van der Waals surface area contributed by atoms with Crippen molar-refractivity contribution < 1.29 is 0 Å². The Bertz CT molecular complexity index is 430. The Morgan fingerprint density at radius 2 is 2.06 bits per heavy atom. The van der Waals surface area contributed by atoms with Crippen LogP contribution in [-0.4, -0.2) is 22.5 Å². The number of nitrogen functional groups attached to an aromatic ring is 1. The molecule has 1 aliphatic rings. The van der Waals surface area contributed by atoms with Crippen molar-refractivity contribution in [2.75, 3.05) is 17.0 Å². The second-order valence-corrected chi connectivity index (χ2v) is 6.14. The predicted molar refractivity (Wildman–Crippen MR) is 80.6 cm³/mol. The molecule has 1 saturated carbocycles. The van der Waals surface area contributed by atoms with Gasteiger partial charge in [0.2, 0.25) is 0 Å². The van der Waals surface area contributed by atoms with Crippen molar-refractivity contribution >= 4 is 46.6 Å². The van der Waals surface area contributed by atoms with Gasteiger partial charge in [0.05, 0.1) is 10.0 Å². The Balaban J connectivity index is 2.18. The maximum atomic E-state index is 6.14. The number of hydrazine groups is 1. The standard InChI is InChI=1S/C11H16Cl2N4S/c1-18-9-4-2-3-8(9)15-10-6(12)5-7(13)11(16-10)17-14/h5,8-9H,2-4,14H2,1H3,(H2,15,16,17). The number of rotatable bonds is 4.